The minimum absolute atomic E-state index is 0.0100. The summed E-state index contributed by atoms with van der Waals surface area (Å²) in [4.78, 5) is 32.2. The molecular formula is C19H28F2N8O3. The van der Waals surface area contributed by atoms with Crippen LogP contribution in [0.3, 0.4) is 0 Å². The lowest BCUT2D eigenvalue weighted by molar-refractivity contribution is -0.122. The molecule has 0 aromatic carbocycles. The second-order valence-corrected chi connectivity index (χ2v) is 8.23. The fraction of sp³-hybridized carbons (Fsp3) is 0.684. The predicted octanol–water partition coefficient (Wildman–Crippen LogP) is -0.796. The van der Waals surface area contributed by atoms with Gasteiger partial charge in [0.05, 0.1) is 43.5 Å². The van der Waals surface area contributed by atoms with Crippen LogP contribution in [-0.2, 0) is 9.53 Å². The van der Waals surface area contributed by atoms with Crippen molar-refractivity contribution in [1.82, 2.24) is 20.5 Å². The van der Waals surface area contributed by atoms with Gasteiger partial charge in [-0.05, 0) is 0 Å². The summed E-state index contributed by atoms with van der Waals surface area (Å²) < 4.78 is 33.5. The van der Waals surface area contributed by atoms with Gasteiger partial charge in [0.15, 0.2) is 12.0 Å². The maximum Gasteiger partial charge on any atom is 0.234 e. The normalized spacial score (nSPS) is 26.8. The Hall–Kier alpha value is -2.32. The fourth-order valence-corrected chi connectivity index (χ4v) is 4.28. The minimum atomic E-state index is -1.38. The first-order valence-corrected chi connectivity index (χ1v) is 10.7. The summed E-state index contributed by atoms with van der Waals surface area (Å²) in [6.45, 7) is 4.07. The number of carbonyl (C=O) groups is 1. The van der Waals surface area contributed by atoms with Crippen molar-refractivity contribution in [2.24, 2.45) is 16.8 Å². The number of hydrogen-bond acceptors (Lipinski definition) is 10. The fourth-order valence-electron chi connectivity index (χ4n) is 4.28. The Morgan fingerprint density at radius 1 is 1.25 bits per heavy atom. The van der Waals surface area contributed by atoms with Crippen LogP contribution < -0.4 is 26.6 Å². The SMILES string of the molecule is NC(N=O)C(C(=O)Nc1cncc(F)c1N1CCN(C2COC2)CC1)C1NCC(F)CN1. The number of nitrogens with two attached hydrogens (primary N) is 1. The third-order valence-electron chi connectivity index (χ3n) is 6.17. The lowest BCUT2D eigenvalue weighted by Gasteiger charge is -2.43. The van der Waals surface area contributed by atoms with Crippen LogP contribution in [0.15, 0.2) is 17.6 Å². The van der Waals surface area contributed by atoms with Gasteiger partial charge in [-0.3, -0.25) is 25.3 Å². The smallest absolute Gasteiger partial charge is 0.234 e. The highest BCUT2D eigenvalue weighted by Crippen LogP contribution is 2.30. The highest BCUT2D eigenvalue weighted by molar-refractivity contribution is 5.96. The number of rotatable bonds is 7. The van der Waals surface area contributed by atoms with E-state index < -0.39 is 36.1 Å². The van der Waals surface area contributed by atoms with Crippen molar-refractivity contribution in [3.8, 4) is 0 Å². The second kappa shape index (κ2) is 10.1. The molecule has 3 aliphatic heterocycles. The molecule has 4 rings (SSSR count). The van der Waals surface area contributed by atoms with E-state index in [1.165, 1.54) is 6.20 Å². The van der Waals surface area contributed by atoms with Crippen molar-refractivity contribution in [1.29, 1.82) is 0 Å². The lowest BCUT2D eigenvalue weighted by Crippen LogP contribution is -2.62. The maximum atomic E-state index is 14.8. The first-order valence-electron chi connectivity index (χ1n) is 10.7. The third-order valence-corrected chi connectivity index (χ3v) is 6.17. The Morgan fingerprint density at radius 3 is 2.53 bits per heavy atom. The molecule has 1 aromatic rings. The van der Waals surface area contributed by atoms with Crippen LogP contribution in [0.4, 0.5) is 20.2 Å². The number of aromatic nitrogens is 1. The summed E-state index contributed by atoms with van der Waals surface area (Å²) in [5, 5.41) is 11.1. The van der Waals surface area contributed by atoms with Crippen molar-refractivity contribution in [2.45, 2.75) is 24.5 Å². The molecule has 0 spiro atoms. The van der Waals surface area contributed by atoms with Gasteiger partial charge in [-0.15, -0.1) is 4.91 Å². The molecule has 32 heavy (non-hydrogen) atoms. The number of carbonyl (C=O) groups excluding carboxylic acids is 1. The van der Waals surface area contributed by atoms with Crippen molar-refractivity contribution in [3.63, 3.8) is 0 Å². The standard InChI is InChI=1S/C19H28F2N8O3/c20-11-5-24-18(25-6-11)15(17(22)27-31)19(30)26-14-8-23-7-13(21)16(14)29-3-1-28(2-4-29)12-9-32-10-12/h7-8,11-12,15,17-18,24-25H,1-6,9-10,22H2,(H,26,30). The molecular weight excluding hydrogens is 426 g/mol. The van der Waals surface area contributed by atoms with Crippen LogP contribution in [0.2, 0.25) is 0 Å². The van der Waals surface area contributed by atoms with E-state index in [-0.39, 0.29) is 24.5 Å². The monoisotopic (exact) mass is 454 g/mol. The lowest BCUT2D eigenvalue weighted by atomic mass is 9.99. The molecule has 3 aliphatic rings. The zero-order valence-electron chi connectivity index (χ0n) is 17.5. The Balaban J connectivity index is 1.48. The molecule has 2 atom stereocenters. The highest BCUT2D eigenvalue weighted by atomic mass is 19.1. The topological polar surface area (TPSA) is 137 Å². The van der Waals surface area contributed by atoms with E-state index in [4.69, 9.17) is 10.5 Å². The summed E-state index contributed by atoms with van der Waals surface area (Å²) in [6, 6.07) is 0.399. The van der Waals surface area contributed by atoms with Gasteiger partial charge in [-0.1, -0.05) is 5.18 Å². The molecule has 0 saturated carbocycles. The predicted molar refractivity (Wildman–Crippen MR) is 113 cm³/mol. The quantitative estimate of drug-likeness (QED) is 0.390. The Kier molecular flexibility index (Phi) is 7.20. The van der Waals surface area contributed by atoms with E-state index in [2.05, 4.69) is 31.0 Å². The van der Waals surface area contributed by atoms with E-state index in [9.17, 15) is 18.5 Å². The summed E-state index contributed by atoms with van der Waals surface area (Å²) in [6.07, 6.45) is -0.806. The average molecular weight is 454 g/mol. The second-order valence-electron chi connectivity index (χ2n) is 8.23. The van der Waals surface area contributed by atoms with Gasteiger partial charge in [-0.25, -0.2) is 8.78 Å². The molecule has 3 fully saturated rings. The molecule has 0 bridgehead atoms. The van der Waals surface area contributed by atoms with Crippen molar-refractivity contribution >= 4 is 17.3 Å². The molecule has 0 aliphatic carbocycles. The molecule has 5 N–H and O–H groups in total. The van der Waals surface area contributed by atoms with Crippen LogP contribution in [0.1, 0.15) is 0 Å². The number of nitrogens with one attached hydrogen (secondary N) is 3. The molecule has 2 unspecified atom stereocenters. The number of piperazine rings is 1. The number of alkyl halides is 1. The van der Waals surface area contributed by atoms with E-state index in [1.54, 1.807) is 0 Å². The minimum Gasteiger partial charge on any atom is -0.378 e. The summed E-state index contributed by atoms with van der Waals surface area (Å²) in [5.41, 5.74) is 6.19. The number of hydrogen-bond donors (Lipinski definition) is 4. The van der Waals surface area contributed by atoms with E-state index in [1.807, 2.05) is 4.90 Å². The van der Waals surface area contributed by atoms with Crippen molar-refractivity contribution < 1.29 is 18.3 Å². The first-order chi connectivity index (χ1) is 15.5. The molecule has 1 amide bonds. The largest absolute Gasteiger partial charge is 0.378 e. The molecule has 1 aromatic heterocycles. The Bertz CT molecular complexity index is 814. The highest BCUT2D eigenvalue weighted by Gasteiger charge is 2.38. The number of amides is 1. The zero-order chi connectivity index (χ0) is 22.7. The molecule has 13 heteroatoms. The van der Waals surface area contributed by atoms with Gasteiger partial charge in [0, 0.05) is 39.3 Å². The first kappa shape index (κ1) is 22.9. The number of anilines is 2. The molecule has 4 heterocycles. The van der Waals surface area contributed by atoms with Gasteiger partial charge in [0.1, 0.15) is 17.8 Å². The van der Waals surface area contributed by atoms with Crippen molar-refractivity contribution in [3.05, 3.63) is 23.1 Å². The van der Waals surface area contributed by atoms with Gasteiger partial charge in [-0.2, -0.15) is 0 Å². The number of ether oxygens (including phenoxy) is 1. The number of pyridine rings is 1. The maximum absolute atomic E-state index is 14.8. The van der Waals surface area contributed by atoms with Crippen molar-refractivity contribution in [2.75, 3.05) is 62.7 Å². The molecule has 11 nitrogen and oxygen atoms in total. The Morgan fingerprint density at radius 2 is 1.94 bits per heavy atom. The number of nitroso groups, excluding NO2 is 1. The van der Waals surface area contributed by atoms with Gasteiger partial charge in [0.25, 0.3) is 0 Å². The van der Waals surface area contributed by atoms with E-state index in [0.717, 1.165) is 19.3 Å². The van der Waals surface area contributed by atoms with E-state index in [0.29, 0.717) is 32.3 Å². The number of nitrogens with zero attached hydrogens (tertiary/aromatic N) is 4. The van der Waals surface area contributed by atoms with Crippen LogP contribution in [0.25, 0.3) is 0 Å². The van der Waals surface area contributed by atoms with Gasteiger partial charge >= 0.3 is 0 Å². The summed E-state index contributed by atoms with van der Waals surface area (Å²) in [5.74, 6) is -2.34. The van der Waals surface area contributed by atoms with E-state index >= 15 is 0 Å². The van der Waals surface area contributed by atoms with Gasteiger partial charge < -0.3 is 20.7 Å². The summed E-state index contributed by atoms with van der Waals surface area (Å²) in [7, 11) is 0. The molecule has 176 valence electrons. The third kappa shape index (κ3) is 4.86. The van der Waals surface area contributed by atoms with Crippen LogP contribution >= 0.6 is 0 Å². The average Bonchev–Trinajstić information content (AvgIpc) is 2.75. The van der Waals surface area contributed by atoms with Gasteiger partial charge in [0.2, 0.25) is 5.91 Å². The molecule has 0 radical (unpaired) electrons. The number of halogens is 2. The summed E-state index contributed by atoms with van der Waals surface area (Å²) >= 11 is 0. The van der Waals surface area contributed by atoms with Crippen LogP contribution in [-0.4, -0.2) is 92.8 Å². The Labute approximate surface area is 184 Å². The van der Waals surface area contributed by atoms with Crippen LogP contribution in [0, 0.1) is 16.6 Å². The van der Waals surface area contributed by atoms with Crippen LogP contribution in [0.5, 0.6) is 0 Å². The zero-order valence-corrected chi connectivity index (χ0v) is 17.5. The molecule has 3 saturated heterocycles.